The molecule has 0 fully saturated rings. The Hall–Kier alpha value is -2.78. The van der Waals surface area contributed by atoms with Gasteiger partial charge in [-0.2, -0.15) is 15.0 Å². The number of nitrogen functional groups attached to an aromatic ring is 1. The second kappa shape index (κ2) is 9.43. The van der Waals surface area contributed by atoms with Crippen molar-refractivity contribution in [1.82, 2.24) is 24.8 Å². The molecule has 0 bridgehead atoms. The van der Waals surface area contributed by atoms with Crippen molar-refractivity contribution in [1.29, 1.82) is 0 Å². The fraction of sp³-hybridized carbons (Fsp3) is 0.667. The molecule has 0 aromatic carbocycles. The van der Waals surface area contributed by atoms with Crippen LogP contribution in [0.15, 0.2) is 0 Å². The van der Waals surface area contributed by atoms with Crippen LogP contribution in [-0.4, -0.2) is 51.5 Å². The molecule has 0 aliphatic carbocycles. The molecule has 0 atom stereocenters. The lowest BCUT2D eigenvalue weighted by Crippen LogP contribution is -2.33. The number of amides is 1. The van der Waals surface area contributed by atoms with Crippen molar-refractivity contribution in [2.45, 2.75) is 59.1 Å². The number of ether oxygens (including phenoxy) is 3. The summed E-state index contributed by atoms with van der Waals surface area (Å²) in [7, 11) is 1.53. The summed E-state index contributed by atoms with van der Waals surface area (Å²) in [5.41, 5.74) is 6.48. The SMILES string of the molecule is CCCCOc1nc(N)c2nc(OC)n(CCCNC(=O)OC(C)(C)C)c2n1. The zero-order chi connectivity index (χ0) is 20.7. The van der Waals surface area contributed by atoms with Crippen molar-refractivity contribution in [3.8, 4) is 12.0 Å². The van der Waals surface area contributed by atoms with Gasteiger partial charge in [0.15, 0.2) is 17.0 Å². The monoisotopic (exact) mass is 394 g/mol. The third-order valence-electron chi connectivity index (χ3n) is 3.70. The van der Waals surface area contributed by atoms with E-state index < -0.39 is 11.7 Å². The van der Waals surface area contributed by atoms with E-state index in [1.165, 1.54) is 7.11 Å². The number of carbonyl (C=O) groups is 1. The van der Waals surface area contributed by atoms with Gasteiger partial charge in [-0.1, -0.05) is 13.3 Å². The average molecular weight is 394 g/mol. The first kappa shape index (κ1) is 21.5. The van der Waals surface area contributed by atoms with Crippen LogP contribution in [0.5, 0.6) is 12.0 Å². The molecular formula is C18H30N6O4. The molecule has 0 spiro atoms. The summed E-state index contributed by atoms with van der Waals surface area (Å²) < 4.78 is 17.9. The lowest BCUT2D eigenvalue weighted by Gasteiger charge is -2.19. The maximum absolute atomic E-state index is 11.7. The fourth-order valence-corrected chi connectivity index (χ4v) is 2.45. The Morgan fingerprint density at radius 1 is 1.21 bits per heavy atom. The summed E-state index contributed by atoms with van der Waals surface area (Å²) in [6.07, 6.45) is 2.08. The van der Waals surface area contributed by atoms with Crippen molar-refractivity contribution < 1.29 is 19.0 Å². The third-order valence-corrected chi connectivity index (χ3v) is 3.70. The summed E-state index contributed by atoms with van der Waals surface area (Å²) in [4.78, 5) is 24.7. The van der Waals surface area contributed by atoms with E-state index in [9.17, 15) is 4.79 Å². The number of methoxy groups -OCH3 is 1. The van der Waals surface area contributed by atoms with Crippen LogP contribution < -0.4 is 20.5 Å². The highest BCUT2D eigenvalue weighted by Gasteiger charge is 2.18. The molecule has 0 radical (unpaired) electrons. The van der Waals surface area contributed by atoms with Crippen molar-refractivity contribution in [2.75, 3.05) is 26.0 Å². The van der Waals surface area contributed by atoms with E-state index in [0.29, 0.717) is 43.3 Å². The second-order valence-electron chi connectivity index (χ2n) is 7.30. The molecule has 0 aliphatic rings. The number of carbonyl (C=O) groups excluding carboxylic acids is 1. The number of nitrogens with two attached hydrogens (primary N) is 1. The van der Waals surface area contributed by atoms with Crippen molar-refractivity contribution in [3.05, 3.63) is 0 Å². The Morgan fingerprint density at radius 2 is 1.96 bits per heavy atom. The quantitative estimate of drug-likeness (QED) is 0.621. The molecule has 156 valence electrons. The van der Waals surface area contributed by atoms with E-state index in [0.717, 1.165) is 12.8 Å². The van der Waals surface area contributed by atoms with E-state index in [-0.39, 0.29) is 11.8 Å². The number of aromatic nitrogens is 4. The number of fused-ring (bicyclic) bond motifs is 1. The van der Waals surface area contributed by atoms with Gasteiger partial charge in [0, 0.05) is 13.1 Å². The van der Waals surface area contributed by atoms with Crippen molar-refractivity contribution in [3.63, 3.8) is 0 Å². The van der Waals surface area contributed by atoms with Gasteiger partial charge in [0.2, 0.25) is 0 Å². The topological polar surface area (TPSA) is 126 Å². The Bertz CT molecular complexity index is 799. The van der Waals surface area contributed by atoms with Crippen LogP contribution in [0.4, 0.5) is 10.6 Å². The molecule has 1 amide bonds. The van der Waals surface area contributed by atoms with Gasteiger partial charge in [-0.3, -0.25) is 4.57 Å². The molecular weight excluding hydrogens is 364 g/mol. The number of rotatable bonds is 9. The summed E-state index contributed by atoms with van der Waals surface area (Å²) in [5.74, 6) is 0.237. The molecule has 2 aromatic heterocycles. The normalized spacial score (nSPS) is 11.5. The molecule has 0 unspecified atom stereocenters. The van der Waals surface area contributed by atoms with Crippen LogP contribution in [0.3, 0.4) is 0 Å². The van der Waals surface area contributed by atoms with Gasteiger partial charge in [-0.15, -0.1) is 0 Å². The van der Waals surface area contributed by atoms with Crippen LogP contribution >= 0.6 is 0 Å². The van der Waals surface area contributed by atoms with Crippen molar-refractivity contribution in [2.24, 2.45) is 0 Å². The van der Waals surface area contributed by atoms with E-state index in [2.05, 4.69) is 27.2 Å². The zero-order valence-corrected chi connectivity index (χ0v) is 17.2. The number of aryl methyl sites for hydroxylation is 1. The number of imidazole rings is 1. The molecule has 2 aromatic rings. The maximum Gasteiger partial charge on any atom is 0.407 e. The molecule has 10 nitrogen and oxygen atoms in total. The van der Waals surface area contributed by atoms with Gasteiger partial charge in [-0.25, -0.2) is 4.79 Å². The number of unbranched alkanes of at least 4 members (excludes halogenated alkanes) is 1. The number of hydrogen-bond acceptors (Lipinski definition) is 8. The molecule has 0 aliphatic heterocycles. The van der Waals surface area contributed by atoms with E-state index >= 15 is 0 Å². The highest BCUT2D eigenvalue weighted by atomic mass is 16.6. The van der Waals surface area contributed by atoms with Crippen LogP contribution in [0, 0.1) is 0 Å². The maximum atomic E-state index is 11.7. The van der Waals surface area contributed by atoms with Crippen LogP contribution in [-0.2, 0) is 11.3 Å². The summed E-state index contributed by atoms with van der Waals surface area (Å²) in [5, 5.41) is 2.73. The first-order valence-electron chi connectivity index (χ1n) is 9.42. The fourth-order valence-electron chi connectivity index (χ4n) is 2.45. The Balaban J connectivity index is 2.08. The Kier molecular flexibility index (Phi) is 7.24. The molecule has 3 N–H and O–H groups in total. The van der Waals surface area contributed by atoms with Gasteiger partial charge in [-0.05, 0) is 33.6 Å². The molecule has 2 heterocycles. The van der Waals surface area contributed by atoms with Gasteiger partial charge in [0.1, 0.15) is 5.60 Å². The predicted octanol–water partition coefficient (Wildman–Crippen LogP) is 2.51. The minimum atomic E-state index is -0.531. The van der Waals surface area contributed by atoms with E-state index in [1.54, 1.807) is 4.57 Å². The summed E-state index contributed by atoms with van der Waals surface area (Å²) >= 11 is 0. The lowest BCUT2D eigenvalue weighted by molar-refractivity contribution is 0.0526. The lowest BCUT2D eigenvalue weighted by atomic mass is 10.2. The number of anilines is 1. The smallest absolute Gasteiger partial charge is 0.407 e. The van der Waals surface area contributed by atoms with Crippen LogP contribution in [0.1, 0.15) is 47.0 Å². The molecule has 28 heavy (non-hydrogen) atoms. The van der Waals surface area contributed by atoms with E-state index in [1.807, 2.05) is 20.8 Å². The van der Waals surface area contributed by atoms with Crippen LogP contribution in [0.2, 0.25) is 0 Å². The second-order valence-corrected chi connectivity index (χ2v) is 7.30. The highest BCUT2D eigenvalue weighted by Crippen LogP contribution is 2.25. The average Bonchev–Trinajstić information content (AvgIpc) is 2.96. The summed E-state index contributed by atoms with van der Waals surface area (Å²) in [6, 6.07) is 0.591. The minimum absolute atomic E-state index is 0.217. The predicted molar refractivity (Wildman–Crippen MR) is 106 cm³/mol. The molecule has 2 rings (SSSR count). The van der Waals surface area contributed by atoms with Crippen molar-refractivity contribution >= 4 is 23.1 Å². The van der Waals surface area contributed by atoms with Gasteiger partial charge < -0.3 is 25.3 Å². The van der Waals surface area contributed by atoms with Crippen LogP contribution in [0.25, 0.3) is 11.2 Å². The van der Waals surface area contributed by atoms with Gasteiger partial charge >= 0.3 is 12.1 Å². The number of hydrogen-bond donors (Lipinski definition) is 2. The van der Waals surface area contributed by atoms with Gasteiger partial charge in [0.05, 0.1) is 13.7 Å². The third kappa shape index (κ3) is 5.86. The molecule has 10 heteroatoms. The first-order valence-corrected chi connectivity index (χ1v) is 9.42. The minimum Gasteiger partial charge on any atom is -0.468 e. The highest BCUT2D eigenvalue weighted by molar-refractivity contribution is 5.83. The number of alkyl carbamates (subject to hydrolysis) is 1. The zero-order valence-electron chi connectivity index (χ0n) is 17.2. The van der Waals surface area contributed by atoms with E-state index in [4.69, 9.17) is 19.9 Å². The number of nitrogens with one attached hydrogen (secondary N) is 1. The summed E-state index contributed by atoms with van der Waals surface area (Å²) in [6.45, 7) is 9.00. The first-order chi connectivity index (χ1) is 13.2. The molecule has 0 saturated heterocycles. The standard InChI is InChI=1S/C18H30N6O4/c1-6-7-11-27-15-22-13(19)12-14(23-15)24(16(21-12)26-5)10-8-9-20-17(25)28-18(2,3)4/h6-11H2,1-5H3,(H,20,25)(H2,19,22,23). The van der Waals surface area contributed by atoms with Gasteiger partial charge in [0.25, 0.3) is 6.01 Å². The largest absolute Gasteiger partial charge is 0.468 e. The molecule has 0 saturated carbocycles. The Morgan fingerprint density at radius 3 is 2.61 bits per heavy atom. The number of nitrogens with zero attached hydrogens (tertiary/aromatic N) is 4. The Labute approximate surface area is 164 Å².